The van der Waals surface area contributed by atoms with E-state index in [1.54, 1.807) is 0 Å². The van der Waals surface area contributed by atoms with E-state index in [9.17, 15) is 14.4 Å². The molecule has 104 valence electrons. The molecule has 1 unspecified atom stereocenters. The number of carboxylic acid groups (broad SMARTS) is 2. The van der Waals surface area contributed by atoms with E-state index in [-0.39, 0.29) is 18.3 Å². The van der Waals surface area contributed by atoms with E-state index in [4.69, 9.17) is 10.2 Å². The highest BCUT2D eigenvalue weighted by atomic mass is 16.5. The minimum absolute atomic E-state index is 0.121. The molecule has 2 N–H and O–H groups in total. The van der Waals surface area contributed by atoms with Gasteiger partial charge in [0.1, 0.15) is 0 Å². The Morgan fingerprint density at radius 1 is 1.06 bits per heavy atom. The van der Waals surface area contributed by atoms with E-state index in [0.717, 1.165) is 6.42 Å². The fourth-order valence-electron chi connectivity index (χ4n) is 1.66. The van der Waals surface area contributed by atoms with Crippen molar-refractivity contribution in [3.05, 3.63) is 0 Å². The van der Waals surface area contributed by atoms with Gasteiger partial charge in [-0.05, 0) is 12.3 Å². The number of carboxylic acids is 2. The molecule has 6 heteroatoms. The van der Waals surface area contributed by atoms with Crippen LogP contribution >= 0.6 is 0 Å². The second kappa shape index (κ2) is 8.49. The van der Waals surface area contributed by atoms with Crippen molar-refractivity contribution in [3.8, 4) is 0 Å². The van der Waals surface area contributed by atoms with Crippen LogP contribution in [0.3, 0.4) is 0 Å². The first-order valence-corrected chi connectivity index (χ1v) is 5.90. The maximum absolute atomic E-state index is 11.0. The highest BCUT2D eigenvalue weighted by molar-refractivity contribution is 5.92. The molecule has 0 saturated carbocycles. The van der Waals surface area contributed by atoms with Crippen molar-refractivity contribution in [2.75, 3.05) is 7.11 Å². The molecule has 18 heavy (non-hydrogen) atoms. The smallest absolute Gasteiger partial charge is 0.317 e. The molecule has 0 heterocycles. The van der Waals surface area contributed by atoms with E-state index in [1.807, 2.05) is 6.92 Å². The fraction of sp³-hybridized carbons (Fsp3) is 0.750. The number of carbonyl (C=O) groups is 3. The quantitative estimate of drug-likeness (QED) is 0.370. The molecule has 0 aliphatic heterocycles. The average molecular weight is 260 g/mol. The molecule has 0 aliphatic carbocycles. The van der Waals surface area contributed by atoms with Gasteiger partial charge in [0.05, 0.1) is 7.11 Å². The number of carbonyl (C=O) groups excluding carboxylic acids is 1. The summed E-state index contributed by atoms with van der Waals surface area (Å²) in [5, 5.41) is 17.3. The molecule has 0 aromatic rings. The number of ether oxygens (including phenoxy) is 1. The predicted octanol–water partition coefficient (Wildman–Crippen LogP) is 1.53. The molecule has 0 amide bonds. The second-order valence-electron chi connectivity index (χ2n) is 4.40. The molecule has 0 bridgehead atoms. The first kappa shape index (κ1) is 16.4. The van der Waals surface area contributed by atoms with Gasteiger partial charge in [-0.15, -0.1) is 0 Å². The lowest BCUT2D eigenvalue weighted by Gasteiger charge is -2.10. The Hall–Kier alpha value is -1.59. The van der Waals surface area contributed by atoms with Crippen LogP contribution in [0.1, 0.15) is 39.0 Å². The standard InChI is InChI=1S/C12H20O6/c1-8(7-10(13)18-2)5-3-4-6-9(11(14)15)12(16)17/h8-9H,3-7H2,1-2H3,(H,14,15)(H,16,17). The summed E-state index contributed by atoms with van der Waals surface area (Å²) in [5.41, 5.74) is 0. The fourth-order valence-corrected chi connectivity index (χ4v) is 1.66. The molecule has 1 atom stereocenters. The second-order valence-corrected chi connectivity index (χ2v) is 4.40. The molecule has 0 radical (unpaired) electrons. The average Bonchev–Trinajstić information content (AvgIpc) is 2.27. The van der Waals surface area contributed by atoms with Crippen molar-refractivity contribution in [1.82, 2.24) is 0 Å². The van der Waals surface area contributed by atoms with Gasteiger partial charge >= 0.3 is 17.9 Å². The molecular formula is C12H20O6. The Morgan fingerprint density at radius 3 is 2.00 bits per heavy atom. The lowest BCUT2D eigenvalue weighted by molar-refractivity contribution is -0.154. The van der Waals surface area contributed by atoms with Gasteiger partial charge < -0.3 is 14.9 Å². The summed E-state index contributed by atoms with van der Waals surface area (Å²) in [6.45, 7) is 1.91. The third-order valence-electron chi connectivity index (χ3n) is 2.78. The monoisotopic (exact) mass is 260 g/mol. The summed E-state index contributed by atoms with van der Waals surface area (Å²) in [6.07, 6.45) is 2.43. The third kappa shape index (κ3) is 6.88. The normalized spacial score (nSPS) is 12.2. The first-order chi connectivity index (χ1) is 8.38. The van der Waals surface area contributed by atoms with E-state index < -0.39 is 17.9 Å². The summed E-state index contributed by atoms with van der Waals surface area (Å²) in [5.74, 6) is -4.04. The maximum Gasteiger partial charge on any atom is 0.317 e. The molecule has 0 aromatic heterocycles. The molecule has 0 aliphatic rings. The minimum Gasteiger partial charge on any atom is -0.481 e. The number of hydrogen-bond acceptors (Lipinski definition) is 4. The van der Waals surface area contributed by atoms with Crippen LogP contribution in [0.5, 0.6) is 0 Å². The largest absolute Gasteiger partial charge is 0.481 e. The summed E-state index contributed by atoms with van der Waals surface area (Å²) in [4.78, 5) is 32.2. The van der Waals surface area contributed by atoms with Gasteiger partial charge in [-0.1, -0.05) is 26.2 Å². The van der Waals surface area contributed by atoms with Gasteiger partial charge in [0.2, 0.25) is 0 Å². The predicted molar refractivity (Wildman–Crippen MR) is 63.0 cm³/mol. The number of unbranched alkanes of at least 4 members (excludes halogenated alkanes) is 1. The summed E-state index contributed by atoms with van der Waals surface area (Å²) >= 11 is 0. The first-order valence-electron chi connectivity index (χ1n) is 5.90. The van der Waals surface area contributed by atoms with Gasteiger partial charge in [0.25, 0.3) is 0 Å². The topological polar surface area (TPSA) is 101 Å². The Labute approximate surface area is 106 Å². The van der Waals surface area contributed by atoms with Crippen LogP contribution in [0.25, 0.3) is 0 Å². The lowest BCUT2D eigenvalue weighted by atomic mass is 9.96. The van der Waals surface area contributed by atoms with Crippen LogP contribution in [0, 0.1) is 11.8 Å². The Balaban J connectivity index is 3.81. The number of hydrogen-bond donors (Lipinski definition) is 2. The van der Waals surface area contributed by atoms with Crippen LogP contribution in [-0.4, -0.2) is 35.2 Å². The highest BCUT2D eigenvalue weighted by Gasteiger charge is 2.24. The number of methoxy groups -OCH3 is 1. The van der Waals surface area contributed by atoms with Crippen molar-refractivity contribution in [1.29, 1.82) is 0 Å². The van der Waals surface area contributed by atoms with Crippen LogP contribution in [0.2, 0.25) is 0 Å². The summed E-state index contributed by atoms with van der Waals surface area (Å²) in [7, 11) is 1.33. The molecule has 0 spiro atoms. The van der Waals surface area contributed by atoms with E-state index in [0.29, 0.717) is 19.3 Å². The third-order valence-corrected chi connectivity index (χ3v) is 2.78. The molecule has 0 aromatic carbocycles. The molecule has 0 saturated heterocycles. The zero-order valence-corrected chi connectivity index (χ0v) is 10.7. The van der Waals surface area contributed by atoms with Crippen LogP contribution in [0.15, 0.2) is 0 Å². The summed E-state index contributed by atoms with van der Waals surface area (Å²) < 4.78 is 4.53. The minimum atomic E-state index is -1.33. The molecular weight excluding hydrogens is 240 g/mol. The summed E-state index contributed by atoms with van der Waals surface area (Å²) in [6, 6.07) is 0. The van der Waals surface area contributed by atoms with Crippen molar-refractivity contribution in [3.63, 3.8) is 0 Å². The van der Waals surface area contributed by atoms with Gasteiger partial charge in [-0.2, -0.15) is 0 Å². The van der Waals surface area contributed by atoms with Crippen molar-refractivity contribution in [2.24, 2.45) is 11.8 Å². The molecule has 6 nitrogen and oxygen atoms in total. The SMILES string of the molecule is COC(=O)CC(C)CCCCC(C(=O)O)C(=O)O. The number of esters is 1. The zero-order chi connectivity index (χ0) is 14.1. The molecule has 0 fully saturated rings. The number of rotatable bonds is 9. The van der Waals surface area contributed by atoms with Gasteiger partial charge in [0.15, 0.2) is 5.92 Å². The van der Waals surface area contributed by atoms with Crippen LogP contribution in [0.4, 0.5) is 0 Å². The number of aliphatic carboxylic acids is 2. The lowest BCUT2D eigenvalue weighted by Crippen LogP contribution is -2.23. The van der Waals surface area contributed by atoms with Gasteiger partial charge in [-0.3, -0.25) is 14.4 Å². The Morgan fingerprint density at radius 2 is 1.56 bits per heavy atom. The van der Waals surface area contributed by atoms with Crippen molar-refractivity contribution < 1.29 is 29.3 Å². The van der Waals surface area contributed by atoms with Gasteiger partial charge in [0, 0.05) is 6.42 Å². The zero-order valence-electron chi connectivity index (χ0n) is 10.7. The van der Waals surface area contributed by atoms with E-state index in [2.05, 4.69) is 4.74 Å². The maximum atomic E-state index is 11.0. The van der Waals surface area contributed by atoms with Crippen LogP contribution < -0.4 is 0 Å². The van der Waals surface area contributed by atoms with Crippen molar-refractivity contribution in [2.45, 2.75) is 39.0 Å². The highest BCUT2D eigenvalue weighted by Crippen LogP contribution is 2.16. The van der Waals surface area contributed by atoms with E-state index in [1.165, 1.54) is 7.11 Å². The van der Waals surface area contributed by atoms with Crippen LogP contribution in [-0.2, 0) is 19.1 Å². The van der Waals surface area contributed by atoms with Crippen molar-refractivity contribution >= 4 is 17.9 Å². The van der Waals surface area contributed by atoms with Gasteiger partial charge in [-0.25, -0.2) is 0 Å². The Kier molecular flexibility index (Phi) is 7.74. The van der Waals surface area contributed by atoms with E-state index >= 15 is 0 Å². The molecule has 0 rings (SSSR count). The Bertz CT molecular complexity index is 285.